The maximum absolute atomic E-state index is 6.26. The predicted molar refractivity (Wildman–Crippen MR) is 89.8 cm³/mol. The van der Waals surface area contributed by atoms with Crippen molar-refractivity contribution in [3.05, 3.63) is 49.6 Å². The van der Waals surface area contributed by atoms with Crippen molar-refractivity contribution in [3.8, 4) is 5.75 Å². The van der Waals surface area contributed by atoms with Crippen LogP contribution >= 0.6 is 38.9 Å². The van der Waals surface area contributed by atoms with Crippen LogP contribution in [0.15, 0.2) is 34.1 Å². The lowest BCUT2D eigenvalue weighted by Crippen LogP contribution is -2.21. The van der Waals surface area contributed by atoms with Gasteiger partial charge < -0.3 is 10.5 Å². The van der Waals surface area contributed by atoms with E-state index in [9.17, 15) is 0 Å². The average Bonchev–Trinajstić information content (AvgIpc) is 2.83. The Hall–Kier alpha value is -0.550. The second-order valence-electron chi connectivity index (χ2n) is 4.63. The van der Waals surface area contributed by atoms with Gasteiger partial charge in [-0.15, -0.1) is 11.3 Å². The molecule has 0 radical (unpaired) electrons. The summed E-state index contributed by atoms with van der Waals surface area (Å²) in [6, 6.07) is 10.1. The summed E-state index contributed by atoms with van der Waals surface area (Å²) in [5.74, 6) is 0.713. The van der Waals surface area contributed by atoms with Gasteiger partial charge in [0.1, 0.15) is 12.4 Å². The molecule has 2 aromatic rings. The van der Waals surface area contributed by atoms with E-state index in [-0.39, 0.29) is 6.04 Å². The maximum Gasteiger partial charge on any atom is 0.138 e. The Morgan fingerprint density at radius 2 is 2.15 bits per heavy atom. The summed E-state index contributed by atoms with van der Waals surface area (Å²) in [7, 11) is 0. The van der Waals surface area contributed by atoms with Crippen molar-refractivity contribution >= 4 is 38.9 Å². The van der Waals surface area contributed by atoms with Crippen molar-refractivity contribution in [2.24, 2.45) is 5.73 Å². The molecule has 0 aliphatic heterocycles. The Balaban J connectivity index is 1.98. The monoisotopic (exact) mass is 373 g/mol. The number of hydrogen-bond acceptors (Lipinski definition) is 3. The van der Waals surface area contributed by atoms with E-state index < -0.39 is 0 Å². The lowest BCUT2D eigenvalue weighted by atomic mass is 10.0. The molecular formula is C15H17BrClNOS. The maximum atomic E-state index is 6.26. The lowest BCUT2D eigenvalue weighted by Gasteiger charge is -2.11. The molecule has 0 spiro atoms. The third kappa shape index (κ3) is 4.48. The van der Waals surface area contributed by atoms with E-state index >= 15 is 0 Å². The summed E-state index contributed by atoms with van der Waals surface area (Å²) in [6.07, 6.45) is 1.80. The second-order valence-corrected chi connectivity index (χ2v) is 7.59. The molecule has 2 nitrogen and oxygen atoms in total. The molecule has 1 heterocycles. The summed E-state index contributed by atoms with van der Waals surface area (Å²) < 4.78 is 6.85. The van der Waals surface area contributed by atoms with Gasteiger partial charge in [-0.05, 0) is 58.6 Å². The molecule has 2 rings (SSSR count). The van der Waals surface area contributed by atoms with Gasteiger partial charge in [0.15, 0.2) is 0 Å². The molecule has 20 heavy (non-hydrogen) atoms. The average molecular weight is 375 g/mol. The number of benzene rings is 1. The van der Waals surface area contributed by atoms with E-state index in [0.717, 1.165) is 27.1 Å². The largest absolute Gasteiger partial charge is 0.487 e. The van der Waals surface area contributed by atoms with E-state index in [2.05, 4.69) is 22.9 Å². The molecule has 5 heteroatoms. The van der Waals surface area contributed by atoms with Crippen molar-refractivity contribution in [3.63, 3.8) is 0 Å². The number of ether oxygens (including phenoxy) is 1. The first-order chi connectivity index (χ1) is 9.58. The van der Waals surface area contributed by atoms with Crippen LogP contribution < -0.4 is 10.5 Å². The molecule has 0 fully saturated rings. The van der Waals surface area contributed by atoms with Crippen LogP contribution in [-0.2, 0) is 13.0 Å². The Morgan fingerprint density at radius 1 is 1.35 bits per heavy atom. The molecule has 2 N–H and O–H groups in total. The van der Waals surface area contributed by atoms with Gasteiger partial charge in [-0.25, -0.2) is 0 Å². The van der Waals surface area contributed by atoms with E-state index in [1.54, 1.807) is 11.3 Å². The van der Waals surface area contributed by atoms with Crippen LogP contribution in [0.1, 0.15) is 23.8 Å². The van der Waals surface area contributed by atoms with Crippen molar-refractivity contribution in [2.75, 3.05) is 0 Å². The van der Waals surface area contributed by atoms with Gasteiger partial charge in [-0.1, -0.05) is 24.6 Å². The van der Waals surface area contributed by atoms with Gasteiger partial charge in [0.25, 0.3) is 0 Å². The van der Waals surface area contributed by atoms with E-state index in [1.165, 1.54) is 0 Å². The number of hydrogen-bond donors (Lipinski definition) is 1. The molecule has 1 aromatic heterocycles. The fourth-order valence-electron chi connectivity index (χ4n) is 1.81. The minimum absolute atomic E-state index is 0.182. The minimum Gasteiger partial charge on any atom is -0.487 e. The SMILES string of the molecule is CCC(N)Cc1ccc(OCc2ccc(Br)s2)c(Cl)c1. The predicted octanol–water partition coefficient (Wildman–Crippen LogP) is 5.02. The minimum atomic E-state index is 0.182. The summed E-state index contributed by atoms with van der Waals surface area (Å²) in [6.45, 7) is 2.62. The molecule has 0 bridgehead atoms. The topological polar surface area (TPSA) is 35.2 Å². The fourth-order valence-corrected chi connectivity index (χ4v) is 3.47. The number of halogens is 2. The van der Waals surface area contributed by atoms with Gasteiger partial charge in [0.2, 0.25) is 0 Å². The van der Waals surface area contributed by atoms with Gasteiger partial charge in [0, 0.05) is 10.9 Å². The van der Waals surface area contributed by atoms with Crippen LogP contribution in [-0.4, -0.2) is 6.04 Å². The van der Waals surface area contributed by atoms with E-state index in [0.29, 0.717) is 17.4 Å². The summed E-state index contributed by atoms with van der Waals surface area (Å²) in [4.78, 5) is 1.16. The lowest BCUT2D eigenvalue weighted by molar-refractivity contribution is 0.310. The first-order valence-corrected chi connectivity index (χ1v) is 8.48. The van der Waals surface area contributed by atoms with Gasteiger partial charge in [0.05, 0.1) is 8.81 Å². The first kappa shape index (κ1) is 15.8. The van der Waals surface area contributed by atoms with Crippen LogP contribution in [0.2, 0.25) is 5.02 Å². The van der Waals surface area contributed by atoms with E-state index in [4.69, 9.17) is 22.1 Å². The standard InChI is InChI=1S/C15H17BrClNOS/c1-2-11(18)7-10-3-5-14(13(17)8-10)19-9-12-4-6-15(16)20-12/h3-6,8,11H,2,7,9,18H2,1H3. The van der Waals surface area contributed by atoms with Crippen LogP contribution in [0.3, 0.4) is 0 Å². The third-order valence-corrected chi connectivity index (χ3v) is 4.91. The third-order valence-electron chi connectivity index (χ3n) is 3.02. The zero-order chi connectivity index (χ0) is 14.5. The highest BCUT2D eigenvalue weighted by atomic mass is 79.9. The highest BCUT2D eigenvalue weighted by Crippen LogP contribution is 2.28. The van der Waals surface area contributed by atoms with Crippen LogP contribution in [0.25, 0.3) is 0 Å². The molecule has 1 atom stereocenters. The smallest absolute Gasteiger partial charge is 0.138 e. The van der Waals surface area contributed by atoms with Crippen molar-refractivity contribution in [2.45, 2.75) is 32.4 Å². The normalized spacial score (nSPS) is 12.4. The Labute approximate surface area is 137 Å². The van der Waals surface area contributed by atoms with E-state index in [1.807, 2.05) is 30.3 Å². The zero-order valence-electron chi connectivity index (χ0n) is 11.2. The molecule has 0 saturated carbocycles. The van der Waals surface area contributed by atoms with Crippen molar-refractivity contribution in [1.82, 2.24) is 0 Å². The molecule has 0 aliphatic rings. The van der Waals surface area contributed by atoms with Gasteiger partial charge in [-0.3, -0.25) is 0 Å². The molecule has 0 aliphatic carbocycles. The highest BCUT2D eigenvalue weighted by molar-refractivity contribution is 9.11. The van der Waals surface area contributed by atoms with Gasteiger partial charge in [-0.2, -0.15) is 0 Å². The Morgan fingerprint density at radius 3 is 2.75 bits per heavy atom. The Kier molecular flexibility index (Phi) is 5.90. The van der Waals surface area contributed by atoms with Crippen molar-refractivity contribution < 1.29 is 4.74 Å². The molecule has 0 amide bonds. The quantitative estimate of drug-likeness (QED) is 0.770. The fraction of sp³-hybridized carbons (Fsp3) is 0.333. The molecular weight excluding hydrogens is 358 g/mol. The molecule has 0 saturated heterocycles. The first-order valence-electron chi connectivity index (χ1n) is 6.49. The van der Waals surface area contributed by atoms with Crippen LogP contribution in [0.4, 0.5) is 0 Å². The summed E-state index contributed by atoms with van der Waals surface area (Å²) in [5.41, 5.74) is 7.10. The molecule has 1 unspecified atom stereocenters. The highest BCUT2D eigenvalue weighted by Gasteiger charge is 2.07. The number of rotatable bonds is 6. The van der Waals surface area contributed by atoms with Gasteiger partial charge >= 0.3 is 0 Å². The Bertz CT molecular complexity index is 573. The summed E-state index contributed by atoms with van der Waals surface area (Å²) >= 11 is 11.4. The van der Waals surface area contributed by atoms with Crippen LogP contribution in [0.5, 0.6) is 5.75 Å². The number of thiophene rings is 1. The molecule has 1 aromatic carbocycles. The van der Waals surface area contributed by atoms with Crippen molar-refractivity contribution in [1.29, 1.82) is 0 Å². The molecule has 108 valence electrons. The second kappa shape index (κ2) is 7.46. The zero-order valence-corrected chi connectivity index (χ0v) is 14.4. The number of nitrogens with two attached hydrogens (primary N) is 1. The van der Waals surface area contributed by atoms with Crippen LogP contribution in [0, 0.1) is 0 Å². The summed E-state index contributed by atoms with van der Waals surface area (Å²) in [5, 5.41) is 0.640.